The van der Waals surface area contributed by atoms with Crippen molar-refractivity contribution >= 4 is 12.0 Å². The molecule has 5 nitrogen and oxygen atoms in total. The molecule has 0 aliphatic rings. The third-order valence-electron chi connectivity index (χ3n) is 2.73. The van der Waals surface area contributed by atoms with Crippen LogP contribution >= 0.6 is 0 Å². The van der Waals surface area contributed by atoms with Crippen LogP contribution in [-0.2, 0) is 9.53 Å². The summed E-state index contributed by atoms with van der Waals surface area (Å²) in [4.78, 5) is 11.7. The van der Waals surface area contributed by atoms with Gasteiger partial charge in [0, 0.05) is 13.2 Å². The van der Waals surface area contributed by atoms with Gasteiger partial charge in [-0.15, -0.1) is 0 Å². The summed E-state index contributed by atoms with van der Waals surface area (Å²) in [5.41, 5.74) is 1.01. The Labute approximate surface area is 125 Å². The van der Waals surface area contributed by atoms with Crippen molar-refractivity contribution in [2.45, 2.75) is 19.9 Å². The van der Waals surface area contributed by atoms with E-state index in [1.54, 1.807) is 20.3 Å². The zero-order valence-electron chi connectivity index (χ0n) is 13.0. The molecule has 0 aromatic heterocycles. The van der Waals surface area contributed by atoms with Crippen molar-refractivity contribution in [2.75, 3.05) is 27.4 Å². The van der Waals surface area contributed by atoms with E-state index < -0.39 is 0 Å². The molecule has 5 heteroatoms. The van der Waals surface area contributed by atoms with Crippen molar-refractivity contribution in [1.29, 1.82) is 0 Å². The van der Waals surface area contributed by atoms with Gasteiger partial charge in [-0.2, -0.15) is 0 Å². The molecule has 0 fully saturated rings. The Morgan fingerprint density at radius 2 is 2.10 bits per heavy atom. The Kier molecular flexibility index (Phi) is 7.32. The van der Waals surface area contributed by atoms with Crippen LogP contribution < -0.4 is 14.8 Å². The zero-order valence-corrected chi connectivity index (χ0v) is 13.0. The molecule has 0 aliphatic carbocycles. The van der Waals surface area contributed by atoms with Crippen LogP contribution in [0.2, 0.25) is 0 Å². The molecule has 1 N–H and O–H groups in total. The summed E-state index contributed by atoms with van der Waals surface area (Å²) in [7, 11) is 3.17. The highest BCUT2D eigenvalue weighted by Crippen LogP contribution is 2.28. The molecule has 0 heterocycles. The molecule has 0 saturated carbocycles. The molecule has 21 heavy (non-hydrogen) atoms. The summed E-state index contributed by atoms with van der Waals surface area (Å²) in [5, 5.41) is 2.78. The van der Waals surface area contributed by atoms with Gasteiger partial charge in [0.1, 0.15) is 0 Å². The van der Waals surface area contributed by atoms with Crippen molar-refractivity contribution in [3.63, 3.8) is 0 Å². The van der Waals surface area contributed by atoms with Crippen LogP contribution in [0.3, 0.4) is 0 Å². The van der Waals surface area contributed by atoms with Gasteiger partial charge >= 0.3 is 0 Å². The van der Waals surface area contributed by atoms with E-state index in [1.165, 1.54) is 0 Å². The highest BCUT2D eigenvalue weighted by Gasteiger charge is 2.10. The standard InChI is InChI=1S/C16H23NO4/c1-5-6-13-7-8-14(15(9-13)20-4)21-11-16(18)17-12(2)10-19-3/h5-9,12H,10-11H2,1-4H3,(H,17,18)/b6-5+. The van der Waals surface area contributed by atoms with Gasteiger partial charge in [0.2, 0.25) is 0 Å². The quantitative estimate of drug-likeness (QED) is 0.799. The zero-order chi connectivity index (χ0) is 15.7. The van der Waals surface area contributed by atoms with Gasteiger partial charge in [-0.3, -0.25) is 4.79 Å². The van der Waals surface area contributed by atoms with E-state index in [2.05, 4.69) is 5.32 Å². The Balaban J connectivity index is 2.60. The minimum Gasteiger partial charge on any atom is -0.493 e. The van der Waals surface area contributed by atoms with Crippen LogP contribution in [0.4, 0.5) is 0 Å². The van der Waals surface area contributed by atoms with Gasteiger partial charge < -0.3 is 19.5 Å². The maximum atomic E-state index is 11.7. The lowest BCUT2D eigenvalue weighted by atomic mass is 10.2. The minimum atomic E-state index is -0.195. The monoisotopic (exact) mass is 293 g/mol. The topological polar surface area (TPSA) is 56.8 Å². The second-order valence-electron chi connectivity index (χ2n) is 4.62. The summed E-state index contributed by atoms with van der Waals surface area (Å²) in [6.07, 6.45) is 3.91. The van der Waals surface area contributed by atoms with E-state index in [9.17, 15) is 4.79 Å². The van der Waals surface area contributed by atoms with Gasteiger partial charge in [-0.1, -0.05) is 18.2 Å². The summed E-state index contributed by atoms with van der Waals surface area (Å²) in [5.74, 6) is 0.947. The third-order valence-corrected chi connectivity index (χ3v) is 2.73. The molecule has 0 aliphatic heterocycles. The minimum absolute atomic E-state index is 0.0509. The molecule has 1 rings (SSSR count). The van der Waals surface area contributed by atoms with Crippen molar-refractivity contribution in [3.8, 4) is 11.5 Å². The van der Waals surface area contributed by atoms with Gasteiger partial charge in [0.25, 0.3) is 5.91 Å². The van der Waals surface area contributed by atoms with E-state index in [0.717, 1.165) is 5.56 Å². The normalized spacial score (nSPS) is 12.2. The van der Waals surface area contributed by atoms with Crippen molar-refractivity contribution < 1.29 is 19.0 Å². The second-order valence-corrected chi connectivity index (χ2v) is 4.62. The molecule has 0 bridgehead atoms. The average Bonchev–Trinajstić information content (AvgIpc) is 2.46. The predicted molar refractivity (Wildman–Crippen MR) is 82.7 cm³/mol. The largest absolute Gasteiger partial charge is 0.493 e. The molecule has 1 unspecified atom stereocenters. The number of amides is 1. The van der Waals surface area contributed by atoms with Crippen LogP contribution in [0.5, 0.6) is 11.5 Å². The lowest BCUT2D eigenvalue weighted by molar-refractivity contribution is -0.124. The number of allylic oxidation sites excluding steroid dienone is 1. The summed E-state index contributed by atoms with van der Waals surface area (Å²) < 4.78 is 15.7. The Morgan fingerprint density at radius 3 is 2.71 bits per heavy atom. The fourth-order valence-electron chi connectivity index (χ4n) is 1.85. The number of carbonyl (C=O) groups is 1. The van der Waals surface area contributed by atoms with E-state index >= 15 is 0 Å². The molecule has 0 spiro atoms. The van der Waals surface area contributed by atoms with Crippen LogP contribution in [0.15, 0.2) is 24.3 Å². The summed E-state index contributed by atoms with van der Waals surface area (Å²) in [6, 6.07) is 5.51. The molecule has 0 saturated heterocycles. The number of hydrogen-bond donors (Lipinski definition) is 1. The van der Waals surface area contributed by atoms with Crippen LogP contribution in [-0.4, -0.2) is 39.4 Å². The maximum Gasteiger partial charge on any atom is 0.258 e. The van der Waals surface area contributed by atoms with E-state index in [1.807, 2.05) is 38.1 Å². The first kappa shape index (κ1) is 17.0. The fourth-order valence-corrected chi connectivity index (χ4v) is 1.85. The summed E-state index contributed by atoms with van der Waals surface area (Å²) >= 11 is 0. The number of methoxy groups -OCH3 is 2. The third kappa shape index (κ3) is 5.87. The Bertz CT molecular complexity index is 485. The molecule has 1 aromatic carbocycles. The first-order valence-electron chi connectivity index (χ1n) is 6.82. The highest BCUT2D eigenvalue weighted by atomic mass is 16.5. The van der Waals surface area contributed by atoms with E-state index in [4.69, 9.17) is 14.2 Å². The van der Waals surface area contributed by atoms with Crippen molar-refractivity contribution in [1.82, 2.24) is 5.32 Å². The van der Waals surface area contributed by atoms with Gasteiger partial charge in [-0.05, 0) is 31.5 Å². The molecule has 0 radical (unpaired) electrons. The maximum absolute atomic E-state index is 11.7. The number of nitrogens with one attached hydrogen (secondary N) is 1. The molecule has 1 amide bonds. The Hall–Kier alpha value is -2.01. The SMILES string of the molecule is C/C=C/c1ccc(OCC(=O)NC(C)COC)c(OC)c1. The first-order chi connectivity index (χ1) is 10.1. The van der Waals surface area contributed by atoms with E-state index in [0.29, 0.717) is 18.1 Å². The number of carbonyl (C=O) groups excluding carboxylic acids is 1. The van der Waals surface area contributed by atoms with Crippen LogP contribution in [0.25, 0.3) is 6.08 Å². The second kappa shape index (κ2) is 9.02. The molecular weight excluding hydrogens is 270 g/mol. The molecule has 1 aromatic rings. The van der Waals surface area contributed by atoms with Gasteiger partial charge in [0.15, 0.2) is 18.1 Å². The van der Waals surface area contributed by atoms with Crippen molar-refractivity contribution in [2.24, 2.45) is 0 Å². The fraction of sp³-hybridized carbons (Fsp3) is 0.438. The number of rotatable bonds is 8. The number of benzene rings is 1. The Morgan fingerprint density at radius 1 is 1.33 bits per heavy atom. The predicted octanol–water partition coefficient (Wildman–Crippen LogP) is 2.26. The van der Waals surface area contributed by atoms with Crippen molar-refractivity contribution in [3.05, 3.63) is 29.8 Å². The smallest absolute Gasteiger partial charge is 0.258 e. The highest BCUT2D eigenvalue weighted by molar-refractivity contribution is 5.78. The van der Waals surface area contributed by atoms with Gasteiger partial charge in [-0.25, -0.2) is 0 Å². The lowest BCUT2D eigenvalue weighted by Gasteiger charge is -2.14. The summed E-state index contributed by atoms with van der Waals surface area (Å²) in [6.45, 7) is 4.22. The number of hydrogen-bond acceptors (Lipinski definition) is 4. The average molecular weight is 293 g/mol. The lowest BCUT2D eigenvalue weighted by Crippen LogP contribution is -2.38. The van der Waals surface area contributed by atoms with Gasteiger partial charge in [0.05, 0.1) is 13.7 Å². The first-order valence-corrected chi connectivity index (χ1v) is 6.82. The molecular formula is C16H23NO4. The molecule has 116 valence electrons. The number of ether oxygens (including phenoxy) is 3. The van der Waals surface area contributed by atoms with Crippen LogP contribution in [0, 0.1) is 0 Å². The molecule has 1 atom stereocenters. The van der Waals surface area contributed by atoms with Crippen LogP contribution in [0.1, 0.15) is 19.4 Å². The van der Waals surface area contributed by atoms with E-state index in [-0.39, 0.29) is 18.6 Å².